The molecule has 0 rings (SSSR count). The molecule has 0 aliphatic carbocycles. The second-order valence-corrected chi connectivity index (χ2v) is 8.67. The van der Waals surface area contributed by atoms with E-state index >= 15 is 0 Å². The third kappa shape index (κ3) is 18.2. The molecule has 0 fully saturated rings. The Morgan fingerprint density at radius 3 is 1.50 bits per heavy atom. The number of rotatable bonds is 19. The lowest BCUT2D eigenvalue weighted by molar-refractivity contribution is -0.122. The highest BCUT2D eigenvalue weighted by Crippen LogP contribution is 2.14. The van der Waals surface area contributed by atoms with Gasteiger partial charge in [0.15, 0.2) is 0 Å². The van der Waals surface area contributed by atoms with E-state index in [4.69, 9.17) is 5.73 Å². The molecule has 0 aliphatic rings. The molecule has 0 aromatic carbocycles. The van der Waals surface area contributed by atoms with E-state index in [0.717, 1.165) is 12.8 Å². The van der Waals surface area contributed by atoms with Crippen LogP contribution in [0.5, 0.6) is 0 Å². The van der Waals surface area contributed by atoms with Crippen molar-refractivity contribution in [3.63, 3.8) is 0 Å². The summed E-state index contributed by atoms with van der Waals surface area (Å²) in [5.74, 6) is 0.179. The molecule has 3 nitrogen and oxygen atoms in total. The minimum atomic E-state index is -0.165. The van der Waals surface area contributed by atoms with Crippen molar-refractivity contribution in [1.29, 1.82) is 0 Å². The first-order chi connectivity index (χ1) is 12.5. The molecular formula is C23H48N2O. The Morgan fingerprint density at radius 2 is 1.12 bits per heavy atom. The van der Waals surface area contributed by atoms with Gasteiger partial charge in [0.2, 0.25) is 5.91 Å². The van der Waals surface area contributed by atoms with Gasteiger partial charge in [0.25, 0.3) is 0 Å². The van der Waals surface area contributed by atoms with Gasteiger partial charge in [-0.05, 0) is 33.2 Å². The summed E-state index contributed by atoms with van der Waals surface area (Å²) in [6.07, 6.45) is 21.8. The van der Waals surface area contributed by atoms with Gasteiger partial charge >= 0.3 is 0 Å². The lowest BCUT2D eigenvalue weighted by atomic mass is 10.00. The number of hydrogen-bond donors (Lipinski definition) is 2. The molecule has 0 bridgehead atoms. The van der Waals surface area contributed by atoms with Crippen molar-refractivity contribution in [2.75, 3.05) is 6.54 Å². The first kappa shape index (κ1) is 25.4. The summed E-state index contributed by atoms with van der Waals surface area (Å²) in [6.45, 7) is 6.99. The number of hydrogen-bond acceptors (Lipinski definition) is 2. The minimum Gasteiger partial charge on any atom is -0.351 e. The molecule has 0 saturated heterocycles. The van der Waals surface area contributed by atoms with Gasteiger partial charge in [-0.3, -0.25) is 4.79 Å². The maximum absolute atomic E-state index is 11.9. The average Bonchev–Trinajstić information content (AvgIpc) is 2.57. The van der Waals surface area contributed by atoms with Crippen molar-refractivity contribution in [2.24, 2.45) is 5.73 Å². The van der Waals surface area contributed by atoms with Gasteiger partial charge in [0, 0.05) is 12.0 Å². The van der Waals surface area contributed by atoms with Crippen molar-refractivity contribution in [3.8, 4) is 0 Å². The number of carbonyl (C=O) groups is 1. The molecule has 0 heterocycles. The molecule has 0 spiro atoms. The van der Waals surface area contributed by atoms with Crippen LogP contribution in [-0.2, 0) is 4.79 Å². The second-order valence-electron chi connectivity index (χ2n) is 8.67. The molecule has 26 heavy (non-hydrogen) atoms. The zero-order valence-electron chi connectivity index (χ0n) is 18.2. The molecule has 0 radical (unpaired) electrons. The SMILES string of the molecule is CCCCCCCCCCCCCCCCCC(=O)NC(C)(C)CCN. The van der Waals surface area contributed by atoms with Crippen LogP contribution in [0.2, 0.25) is 0 Å². The molecule has 0 saturated carbocycles. The summed E-state index contributed by atoms with van der Waals surface area (Å²) in [6, 6.07) is 0. The maximum atomic E-state index is 11.9. The number of unbranched alkanes of at least 4 members (excludes halogenated alkanes) is 14. The molecule has 0 aromatic heterocycles. The van der Waals surface area contributed by atoms with Gasteiger partial charge in [-0.2, -0.15) is 0 Å². The fourth-order valence-corrected chi connectivity index (χ4v) is 3.52. The van der Waals surface area contributed by atoms with Crippen LogP contribution in [0.15, 0.2) is 0 Å². The Balaban J connectivity index is 3.25. The van der Waals surface area contributed by atoms with Crippen LogP contribution in [0, 0.1) is 0 Å². The third-order valence-electron chi connectivity index (χ3n) is 5.25. The van der Waals surface area contributed by atoms with Crippen LogP contribution in [0.1, 0.15) is 130 Å². The first-order valence-corrected chi connectivity index (χ1v) is 11.5. The third-order valence-corrected chi connectivity index (χ3v) is 5.25. The zero-order valence-corrected chi connectivity index (χ0v) is 18.2. The fourth-order valence-electron chi connectivity index (χ4n) is 3.52. The zero-order chi connectivity index (χ0) is 19.5. The lowest BCUT2D eigenvalue weighted by Gasteiger charge is -2.25. The number of amides is 1. The van der Waals surface area contributed by atoms with E-state index in [2.05, 4.69) is 12.2 Å². The summed E-state index contributed by atoms with van der Waals surface area (Å²) in [7, 11) is 0. The quantitative estimate of drug-likeness (QED) is 0.256. The average molecular weight is 369 g/mol. The van der Waals surface area contributed by atoms with Crippen molar-refractivity contribution in [2.45, 2.75) is 135 Å². The predicted octanol–water partition coefficient (Wildman–Crippen LogP) is 6.49. The van der Waals surface area contributed by atoms with Crippen LogP contribution in [0.3, 0.4) is 0 Å². The monoisotopic (exact) mass is 368 g/mol. The Morgan fingerprint density at radius 1 is 0.731 bits per heavy atom. The van der Waals surface area contributed by atoms with E-state index < -0.39 is 0 Å². The summed E-state index contributed by atoms with van der Waals surface area (Å²) >= 11 is 0. The molecule has 0 aromatic rings. The largest absolute Gasteiger partial charge is 0.351 e. The van der Waals surface area contributed by atoms with Gasteiger partial charge in [-0.25, -0.2) is 0 Å². The predicted molar refractivity (Wildman–Crippen MR) is 115 cm³/mol. The van der Waals surface area contributed by atoms with E-state index in [0.29, 0.717) is 13.0 Å². The standard InChI is InChI=1S/C23H48N2O/c1-4-5-6-7-8-9-10-11-12-13-14-15-16-17-18-19-22(26)25-23(2,3)20-21-24/h4-21,24H2,1-3H3,(H,25,26). The van der Waals surface area contributed by atoms with Crippen LogP contribution in [0.4, 0.5) is 0 Å². The molecule has 0 aliphatic heterocycles. The van der Waals surface area contributed by atoms with Crippen LogP contribution in [-0.4, -0.2) is 18.0 Å². The Labute approximate surface area is 164 Å². The summed E-state index contributed by atoms with van der Waals surface area (Å²) < 4.78 is 0. The fraction of sp³-hybridized carbons (Fsp3) is 0.957. The summed E-state index contributed by atoms with van der Waals surface area (Å²) in [5.41, 5.74) is 5.41. The van der Waals surface area contributed by atoms with Gasteiger partial charge in [0.1, 0.15) is 0 Å². The van der Waals surface area contributed by atoms with E-state index in [9.17, 15) is 4.79 Å². The van der Waals surface area contributed by atoms with E-state index in [-0.39, 0.29) is 11.4 Å². The highest BCUT2D eigenvalue weighted by molar-refractivity contribution is 5.76. The van der Waals surface area contributed by atoms with Gasteiger partial charge in [-0.1, -0.05) is 96.8 Å². The smallest absolute Gasteiger partial charge is 0.220 e. The van der Waals surface area contributed by atoms with Crippen LogP contribution in [0.25, 0.3) is 0 Å². The van der Waals surface area contributed by atoms with E-state index in [1.165, 1.54) is 89.9 Å². The molecule has 1 amide bonds. The minimum absolute atomic E-state index is 0.165. The van der Waals surface area contributed by atoms with E-state index in [1.807, 2.05) is 13.8 Å². The van der Waals surface area contributed by atoms with E-state index in [1.54, 1.807) is 0 Å². The Kier molecular flexibility index (Phi) is 17.4. The number of nitrogens with two attached hydrogens (primary N) is 1. The highest BCUT2D eigenvalue weighted by atomic mass is 16.1. The van der Waals surface area contributed by atoms with Crippen LogP contribution < -0.4 is 11.1 Å². The second kappa shape index (κ2) is 17.8. The summed E-state index contributed by atoms with van der Waals surface area (Å²) in [5, 5.41) is 3.09. The number of carbonyl (C=O) groups excluding carboxylic acids is 1. The van der Waals surface area contributed by atoms with Crippen molar-refractivity contribution in [1.82, 2.24) is 5.32 Å². The summed E-state index contributed by atoms with van der Waals surface area (Å²) in [4.78, 5) is 11.9. The van der Waals surface area contributed by atoms with Gasteiger partial charge in [0.05, 0.1) is 0 Å². The molecular weight excluding hydrogens is 320 g/mol. The molecule has 3 heteroatoms. The van der Waals surface area contributed by atoms with Gasteiger partial charge in [-0.15, -0.1) is 0 Å². The van der Waals surface area contributed by atoms with Gasteiger partial charge < -0.3 is 11.1 Å². The first-order valence-electron chi connectivity index (χ1n) is 11.5. The molecule has 156 valence electrons. The maximum Gasteiger partial charge on any atom is 0.220 e. The van der Waals surface area contributed by atoms with Crippen molar-refractivity contribution in [3.05, 3.63) is 0 Å². The lowest BCUT2D eigenvalue weighted by Crippen LogP contribution is -2.44. The van der Waals surface area contributed by atoms with Crippen molar-refractivity contribution < 1.29 is 4.79 Å². The highest BCUT2D eigenvalue weighted by Gasteiger charge is 2.18. The van der Waals surface area contributed by atoms with Crippen LogP contribution >= 0.6 is 0 Å². The Hall–Kier alpha value is -0.570. The number of nitrogens with one attached hydrogen (secondary N) is 1. The normalized spacial score (nSPS) is 11.7. The molecule has 3 N–H and O–H groups in total. The molecule has 0 unspecified atom stereocenters. The molecule has 0 atom stereocenters. The Bertz CT molecular complexity index is 315. The topological polar surface area (TPSA) is 55.1 Å². The van der Waals surface area contributed by atoms with Crippen molar-refractivity contribution >= 4 is 5.91 Å².